The van der Waals surface area contributed by atoms with Gasteiger partial charge in [-0.2, -0.15) is 0 Å². The molecule has 3 heteroatoms. The van der Waals surface area contributed by atoms with Crippen molar-refractivity contribution in [1.82, 2.24) is 0 Å². The Labute approximate surface area is 95.7 Å². The number of halogens is 2. The van der Waals surface area contributed by atoms with Crippen LogP contribution in [-0.2, 0) is 11.8 Å². The second-order valence-corrected chi connectivity index (χ2v) is 5.14. The van der Waals surface area contributed by atoms with E-state index in [0.717, 1.165) is 5.56 Å². The van der Waals surface area contributed by atoms with E-state index in [0.29, 0.717) is 5.56 Å². The van der Waals surface area contributed by atoms with Gasteiger partial charge in [-0.15, -0.1) is 0 Å². The molecule has 0 aliphatic heterocycles. The number of alkyl halides is 2. The maximum absolute atomic E-state index is 13.3. The molecule has 0 bridgehead atoms. The third-order valence-corrected chi connectivity index (χ3v) is 2.57. The van der Waals surface area contributed by atoms with Gasteiger partial charge in [0.15, 0.2) is 0 Å². The van der Waals surface area contributed by atoms with Crippen molar-refractivity contribution in [3.63, 3.8) is 0 Å². The van der Waals surface area contributed by atoms with Crippen molar-refractivity contribution in [1.29, 1.82) is 0 Å². The number of benzene rings is 1. The lowest BCUT2D eigenvalue weighted by Gasteiger charge is -2.24. The Kier molecular flexibility index (Phi) is 3.68. The molecule has 90 valence electrons. The molecule has 0 unspecified atom stereocenters. The Morgan fingerprint density at radius 1 is 1.12 bits per heavy atom. The van der Waals surface area contributed by atoms with E-state index in [1.807, 2.05) is 32.9 Å². The van der Waals surface area contributed by atoms with Crippen LogP contribution in [0, 0.1) is 0 Å². The molecule has 0 aromatic heterocycles. The van der Waals surface area contributed by atoms with Crippen LogP contribution >= 0.6 is 0 Å². The summed E-state index contributed by atoms with van der Waals surface area (Å²) in [7, 11) is 0. The Hall–Kier alpha value is -0.960. The summed E-state index contributed by atoms with van der Waals surface area (Å²) in [5, 5.41) is 0. The molecule has 1 aromatic carbocycles. The molecule has 0 atom stereocenters. The van der Waals surface area contributed by atoms with E-state index in [1.54, 1.807) is 12.1 Å². The zero-order valence-electron chi connectivity index (χ0n) is 10.1. The van der Waals surface area contributed by atoms with Gasteiger partial charge in [0.1, 0.15) is 0 Å². The summed E-state index contributed by atoms with van der Waals surface area (Å²) in [5.74, 6) is -2.82. The van der Waals surface area contributed by atoms with Gasteiger partial charge in [-0.1, -0.05) is 45.0 Å². The van der Waals surface area contributed by atoms with Crippen LogP contribution in [-0.4, -0.2) is 12.5 Å². The van der Waals surface area contributed by atoms with Crippen molar-refractivity contribution in [2.75, 3.05) is 6.54 Å². The van der Waals surface area contributed by atoms with E-state index in [4.69, 9.17) is 5.73 Å². The highest BCUT2D eigenvalue weighted by Gasteiger charge is 2.29. The minimum absolute atomic E-state index is 0.124. The smallest absolute Gasteiger partial charge is 0.264 e. The first-order valence-corrected chi connectivity index (χ1v) is 5.42. The summed E-state index contributed by atoms with van der Waals surface area (Å²) in [6, 6.07) is 7.33. The van der Waals surface area contributed by atoms with E-state index < -0.39 is 12.5 Å². The van der Waals surface area contributed by atoms with Crippen molar-refractivity contribution < 1.29 is 8.78 Å². The molecule has 0 aliphatic carbocycles. The van der Waals surface area contributed by atoms with Gasteiger partial charge in [-0.25, -0.2) is 8.78 Å². The molecule has 0 aliphatic rings. The molecule has 0 spiro atoms. The van der Waals surface area contributed by atoms with E-state index in [1.165, 1.54) is 0 Å². The Bertz CT molecular complexity index is 353. The van der Waals surface area contributed by atoms with Crippen LogP contribution in [0.2, 0.25) is 0 Å². The standard InChI is InChI=1S/C13H19F2N/c1-12(2,3)11-7-5-4-6-10(11)8-13(14,15)9-16/h4-7H,8-9,16H2,1-3H3. The van der Waals surface area contributed by atoms with Crippen molar-refractivity contribution in [3.05, 3.63) is 35.4 Å². The monoisotopic (exact) mass is 227 g/mol. The van der Waals surface area contributed by atoms with E-state index in [2.05, 4.69) is 0 Å². The topological polar surface area (TPSA) is 26.0 Å². The largest absolute Gasteiger partial charge is 0.325 e. The van der Waals surface area contributed by atoms with Gasteiger partial charge in [0.2, 0.25) is 0 Å². The highest BCUT2D eigenvalue weighted by atomic mass is 19.3. The quantitative estimate of drug-likeness (QED) is 0.843. The van der Waals surface area contributed by atoms with Gasteiger partial charge in [-0.3, -0.25) is 0 Å². The fourth-order valence-corrected chi connectivity index (χ4v) is 1.76. The van der Waals surface area contributed by atoms with E-state index in [-0.39, 0.29) is 11.8 Å². The lowest BCUT2D eigenvalue weighted by molar-refractivity contribution is 0.0111. The summed E-state index contributed by atoms with van der Waals surface area (Å²) in [4.78, 5) is 0. The second-order valence-electron chi connectivity index (χ2n) is 5.14. The second kappa shape index (κ2) is 4.50. The van der Waals surface area contributed by atoms with E-state index >= 15 is 0 Å². The maximum Gasteiger partial charge on any atom is 0.264 e. The minimum atomic E-state index is -2.82. The minimum Gasteiger partial charge on any atom is -0.325 e. The lowest BCUT2D eigenvalue weighted by atomic mass is 9.82. The predicted octanol–water partition coefficient (Wildman–Crippen LogP) is 3.12. The average Bonchev–Trinajstić information content (AvgIpc) is 2.16. The fourth-order valence-electron chi connectivity index (χ4n) is 1.76. The Morgan fingerprint density at radius 2 is 1.69 bits per heavy atom. The van der Waals surface area contributed by atoms with Gasteiger partial charge in [0, 0.05) is 6.42 Å². The fraction of sp³-hybridized carbons (Fsp3) is 0.538. The Balaban J connectivity index is 3.06. The zero-order valence-corrected chi connectivity index (χ0v) is 10.1. The summed E-state index contributed by atoms with van der Waals surface area (Å²) >= 11 is 0. The van der Waals surface area contributed by atoms with Crippen LogP contribution in [0.15, 0.2) is 24.3 Å². The highest BCUT2D eigenvalue weighted by molar-refractivity contribution is 5.33. The molecular weight excluding hydrogens is 208 g/mol. The van der Waals surface area contributed by atoms with Crippen LogP contribution in [0.5, 0.6) is 0 Å². The summed E-state index contributed by atoms with van der Waals surface area (Å²) in [6.07, 6.45) is -0.281. The van der Waals surface area contributed by atoms with Gasteiger partial charge < -0.3 is 5.73 Å². The molecule has 2 N–H and O–H groups in total. The van der Waals surface area contributed by atoms with Gasteiger partial charge in [0.05, 0.1) is 6.54 Å². The predicted molar refractivity (Wildman–Crippen MR) is 62.8 cm³/mol. The van der Waals surface area contributed by atoms with Crippen molar-refractivity contribution in [2.45, 2.75) is 38.5 Å². The SMILES string of the molecule is CC(C)(C)c1ccccc1CC(F)(F)CN. The van der Waals surface area contributed by atoms with Crippen LogP contribution in [0.3, 0.4) is 0 Å². The highest BCUT2D eigenvalue weighted by Crippen LogP contribution is 2.29. The van der Waals surface area contributed by atoms with Crippen molar-refractivity contribution in [3.8, 4) is 0 Å². The lowest BCUT2D eigenvalue weighted by Crippen LogP contribution is -2.31. The molecule has 0 amide bonds. The van der Waals surface area contributed by atoms with E-state index in [9.17, 15) is 8.78 Å². The molecular formula is C13H19F2N. The summed E-state index contributed by atoms with van der Waals surface area (Å²) < 4.78 is 26.6. The zero-order chi connectivity index (χ0) is 12.4. The van der Waals surface area contributed by atoms with Crippen LogP contribution < -0.4 is 5.73 Å². The third-order valence-electron chi connectivity index (χ3n) is 2.57. The first kappa shape index (κ1) is 13.1. The molecule has 0 heterocycles. The molecule has 0 saturated heterocycles. The molecule has 16 heavy (non-hydrogen) atoms. The number of rotatable bonds is 3. The van der Waals surface area contributed by atoms with Gasteiger partial charge in [0.25, 0.3) is 5.92 Å². The number of hydrogen-bond acceptors (Lipinski definition) is 1. The number of hydrogen-bond donors (Lipinski definition) is 1. The molecule has 0 radical (unpaired) electrons. The van der Waals surface area contributed by atoms with Crippen LogP contribution in [0.4, 0.5) is 8.78 Å². The van der Waals surface area contributed by atoms with Crippen LogP contribution in [0.1, 0.15) is 31.9 Å². The average molecular weight is 227 g/mol. The Morgan fingerprint density at radius 3 is 2.19 bits per heavy atom. The molecule has 1 aromatic rings. The van der Waals surface area contributed by atoms with Crippen molar-refractivity contribution >= 4 is 0 Å². The molecule has 0 saturated carbocycles. The molecule has 1 rings (SSSR count). The molecule has 0 fully saturated rings. The third kappa shape index (κ3) is 3.27. The van der Waals surface area contributed by atoms with Gasteiger partial charge >= 0.3 is 0 Å². The van der Waals surface area contributed by atoms with Crippen molar-refractivity contribution in [2.24, 2.45) is 5.73 Å². The normalized spacial score (nSPS) is 12.9. The van der Waals surface area contributed by atoms with Gasteiger partial charge in [-0.05, 0) is 16.5 Å². The number of nitrogens with two attached hydrogens (primary N) is 1. The summed E-state index contributed by atoms with van der Waals surface area (Å²) in [6.45, 7) is 5.46. The first-order valence-electron chi connectivity index (χ1n) is 5.42. The maximum atomic E-state index is 13.3. The molecule has 1 nitrogen and oxygen atoms in total. The summed E-state index contributed by atoms with van der Waals surface area (Å²) in [5.41, 5.74) is 6.59. The first-order chi connectivity index (χ1) is 7.26. The van der Waals surface area contributed by atoms with Crippen LogP contribution in [0.25, 0.3) is 0 Å².